The number of carbonyl (C=O) groups is 1. The third-order valence-corrected chi connectivity index (χ3v) is 6.79. The molecule has 2 aliphatic carbocycles. The lowest BCUT2D eigenvalue weighted by molar-refractivity contribution is -0.134. The number of fused-ring (bicyclic) bond motifs is 2. The maximum atomic E-state index is 13.2. The summed E-state index contributed by atoms with van der Waals surface area (Å²) in [5.41, 5.74) is 1.18. The van der Waals surface area contributed by atoms with Gasteiger partial charge in [0.15, 0.2) is 0 Å². The highest BCUT2D eigenvalue weighted by molar-refractivity contribution is 5.84. The molecule has 3 fully saturated rings. The maximum Gasteiger partial charge on any atom is 0.226 e. The van der Waals surface area contributed by atoms with E-state index in [1.54, 1.807) is 0 Å². The first-order valence-electron chi connectivity index (χ1n) is 9.79. The Morgan fingerprint density at radius 3 is 2.75 bits per heavy atom. The fourth-order valence-electron chi connectivity index (χ4n) is 5.51. The summed E-state index contributed by atoms with van der Waals surface area (Å²) in [6.45, 7) is 3.11. The minimum absolute atomic E-state index is 0.141. The molecule has 1 heterocycles. The van der Waals surface area contributed by atoms with Crippen molar-refractivity contribution in [1.29, 1.82) is 0 Å². The average molecular weight is 326 g/mol. The van der Waals surface area contributed by atoms with E-state index < -0.39 is 0 Å². The Balaban J connectivity index is 1.43. The van der Waals surface area contributed by atoms with Gasteiger partial charge < -0.3 is 10.6 Å². The molecule has 1 saturated heterocycles. The molecule has 24 heavy (non-hydrogen) atoms. The van der Waals surface area contributed by atoms with Crippen LogP contribution in [0.2, 0.25) is 0 Å². The third kappa shape index (κ3) is 3.11. The van der Waals surface area contributed by atoms with Crippen molar-refractivity contribution in [2.45, 2.75) is 44.9 Å². The Morgan fingerprint density at radius 2 is 2.08 bits per heavy atom. The molecule has 1 aromatic carbocycles. The van der Waals surface area contributed by atoms with Crippen molar-refractivity contribution in [3.63, 3.8) is 0 Å². The lowest BCUT2D eigenvalue weighted by Gasteiger charge is -2.36. The Hall–Kier alpha value is -1.35. The van der Waals surface area contributed by atoms with E-state index in [2.05, 4.69) is 41.0 Å². The molecule has 2 saturated carbocycles. The molecule has 1 aliphatic heterocycles. The zero-order valence-electron chi connectivity index (χ0n) is 14.6. The molecule has 0 aromatic heterocycles. The summed E-state index contributed by atoms with van der Waals surface area (Å²) in [6.07, 6.45) is 8.26. The number of nitrogens with one attached hydrogen (secondary N) is 2. The van der Waals surface area contributed by atoms with Crippen LogP contribution in [0.15, 0.2) is 30.3 Å². The highest BCUT2D eigenvalue weighted by Crippen LogP contribution is 2.57. The molecule has 130 valence electrons. The summed E-state index contributed by atoms with van der Waals surface area (Å²) < 4.78 is 0. The fourth-order valence-corrected chi connectivity index (χ4v) is 5.51. The van der Waals surface area contributed by atoms with Gasteiger partial charge in [-0.1, -0.05) is 36.8 Å². The van der Waals surface area contributed by atoms with Crippen LogP contribution >= 0.6 is 0 Å². The van der Waals surface area contributed by atoms with Gasteiger partial charge in [0.2, 0.25) is 5.91 Å². The van der Waals surface area contributed by atoms with E-state index in [9.17, 15) is 4.79 Å². The maximum absolute atomic E-state index is 13.2. The predicted octanol–water partition coefficient (Wildman–Crippen LogP) is 3.15. The van der Waals surface area contributed by atoms with Crippen molar-refractivity contribution in [3.05, 3.63) is 35.9 Å². The minimum atomic E-state index is -0.141. The van der Waals surface area contributed by atoms with Crippen LogP contribution in [0.25, 0.3) is 0 Å². The van der Waals surface area contributed by atoms with Crippen LogP contribution < -0.4 is 10.6 Å². The van der Waals surface area contributed by atoms with Crippen molar-refractivity contribution >= 4 is 5.91 Å². The van der Waals surface area contributed by atoms with Crippen molar-refractivity contribution in [2.75, 3.05) is 19.6 Å². The lowest BCUT2D eigenvalue weighted by Crippen LogP contribution is -2.46. The summed E-state index contributed by atoms with van der Waals surface area (Å²) >= 11 is 0. The monoisotopic (exact) mass is 326 g/mol. The molecule has 4 atom stereocenters. The van der Waals surface area contributed by atoms with E-state index in [0.29, 0.717) is 11.8 Å². The fraction of sp³-hybridized carbons (Fsp3) is 0.667. The van der Waals surface area contributed by atoms with Gasteiger partial charge in [-0.05, 0) is 74.9 Å². The predicted molar refractivity (Wildman–Crippen MR) is 96.6 cm³/mol. The minimum Gasteiger partial charge on any atom is -0.356 e. The second kappa shape index (κ2) is 6.87. The number of hydrogen-bond donors (Lipinski definition) is 2. The van der Waals surface area contributed by atoms with Crippen LogP contribution in [0.1, 0.15) is 44.1 Å². The number of rotatable bonds is 6. The summed E-state index contributed by atoms with van der Waals surface area (Å²) in [5.74, 6) is 2.46. The molecular formula is C21H30N2O. The number of carbonyl (C=O) groups excluding carboxylic acids is 1. The second-order valence-electron chi connectivity index (χ2n) is 8.30. The first kappa shape index (κ1) is 16.1. The van der Waals surface area contributed by atoms with E-state index >= 15 is 0 Å². The highest BCUT2D eigenvalue weighted by atomic mass is 16.2. The van der Waals surface area contributed by atoms with Crippen molar-refractivity contribution in [3.8, 4) is 0 Å². The van der Waals surface area contributed by atoms with Crippen LogP contribution in [0.5, 0.6) is 0 Å². The van der Waals surface area contributed by atoms with Gasteiger partial charge in [-0.25, -0.2) is 0 Å². The molecule has 1 amide bonds. The Morgan fingerprint density at radius 1 is 1.21 bits per heavy atom. The Bertz CT molecular complexity index is 566. The lowest BCUT2D eigenvalue weighted by atomic mass is 9.68. The van der Waals surface area contributed by atoms with Gasteiger partial charge in [0.1, 0.15) is 0 Å². The highest BCUT2D eigenvalue weighted by Gasteiger charge is 2.55. The average Bonchev–Trinajstić information content (AvgIpc) is 3.33. The van der Waals surface area contributed by atoms with E-state index in [-0.39, 0.29) is 5.41 Å². The standard InChI is InChI=1S/C21H30N2O/c24-20(23-11-9-17-8-10-22-15-17)21(13-16-4-2-1-3-5-16)14-18-6-7-19(21)12-18/h1-5,17-19,22H,6-15H2,(H,23,24). The molecule has 3 heteroatoms. The summed E-state index contributed by atoms with van der Waals surface area (Å²) in [6, 6.07) is 10.6. The van der Waals surface area contributed by atoms with Gasteiger partial charge in [0.05, 0.1) is 5.41 Å². The van der Waals surface area contributed by atoms with Crippen LogP contribution in [0.4, 0.5) is 0 Å². The van der Waals surface area contributed by atoms with Crippen molar-refractivity contribution in [1.82, 2.24) is 10.6 Å². The summed E-state index contributed by atoms with van der Waals surface area (Å²) in [5, 5.41) is 6.75. The molecule has 0 spiro atoms. The third-order valence-electron chi connectivity index (χ3n) is 6.79. The number of benzene rings is 1. The molecule has 2 N–H and O–H groups in total. The van der Waals surface area contributed by atoms with Crippen LogP contribution in [-0.2, 0) is 11.2 Å². The van der Waals surface area contributed by atoms with Crippen molar-refractivity contribution < 1.29 is 4.79 Å². The van der Waals surface area contributed by atoms with Gasteiger partial charge in [-0.15, -0.1) is 0 Å². The Labute approximate surface area is 145 Å². The van der Waals surface area contributed by atoms with Gasteiger partial charge in [-0.2, -0.15) is 0 Å². The molecule has 4 rings (SSSR count). The molecule has 2 bridgehead atoms. The van der Waals surface area contributed by atoms with Crippen molar-refractivity contribution in [2.24, 2.45) is 23.2 Å². The molecule has 1 aromatic rings. The number of hydrogen-bond acceptors (Lipinski definition) is 2. The molecule has 3 nitrogen and oxygen atoms in total. The van der Waals surface area contributed by atoms with Crippen LogP contribution in [-0.4, -0.2) is 25.5 Å². The first-order chi connectivity index (χ1) is 11.8. The zero-order chi connectivity index (χ0) is 16.4. The van der Waals surface area contributed by atoms with Gasteiger partial charge in [0, 0.05) is 6.54 Å². The SMILES string of the molecule is O=C(NCCC1CCNC1)C1(Cc2ccccc2)CC2CCC1C2. The molecule has 4 unspecified atom stereocenters. The zero-order valence-corrected chi connectivity index (χ0v) is 14.6. The topological polar surface area (TPSA) is 41.1 Å². The van der Waals surface area contributed by atoms with Crippen LogP contribution in [0.3, 0.4) is 0 Å². The van der Waals surface area contributed by atoms with Gasteiger partial charge in [-0.3, -0.25) is 4.79 Å². The summed E-state index contributed by atoms with van der Waals surface area (Å²) in [7, 11) is 0. The number of amides is 1. The van der Waals surface area contributed by atoms with E-state index in [1.807, 2.05) is 0 Å². The van der Waals surface area contributed by atoms with Gasteiger partial charge in [0.25, 0.3) is 0 Å². The Kier molecular flexibility index (Phi) is 4.62. The summed E-state index contributed by atoms with van der Waals surface area (Å²) in [4.78, 5) is 13.2. The van der Waals surface area contributed by atoms with E-state index in [0.717, 1.165) is 50.7 Å². The van der Waals surface area contributed by atoms with E-state index in [1.165, 1.54) is 31.2 Å². The second-order valence-corrected chi connectivity index (χ2v) is 8.30. The molecule has 3 aliphatic rings. The quantitative estimate of drug-likeness (QED) is 0.843. The van der Waals surface area contributed by atoms with Gasteiger partial charge >= 0.3 is 0 Å². The van der Waals surface area contributed by atoms with Crippen LogP contribution in [0, 0.1) is 23.2 Å². The molecule has 0 radical (unpaired) electrons. The normalized spacial score (nSPS) is 34.6. The first-order valence-corrected chi connectivity index (χ1v) is 9.79. The largest absolute Gasteiger partial charge is 0.356 e. The van der Waals surface area contributed by atoms with E-state index in [4.69, 9.17) is 0 Å². The smallest absolute Gasteiger partial charge is 0.226 e. The molecular weight excluding hydrogens is 296 g/mol.